The molecule has 1 amide bonds. The second kappa shape index (κ2) is 22.7. The van der Waals surface area contributed by atoms with Crippen molar-refractivity contribution in [3.63, 3.8) is 0 Å². The van der Waals surface area contributed by atoms with E-state index in [1.54, 1.807) is 18.2 Å². The maximum absolute atomic E-state index is 11.3. The lowest BCUT2D eigenvalue weighted by Crippen LogP contribution is -2.22. The van der Waals surface area contributed by atoms with Crippen molar-refractivity contribution < 1.29 is 4.79 Å². The Bertz CT molecular complexity index is 633. The molecule has 2 aromatic rings. The Hall–Kier alpha value is -1.59. The third-order valence-electron chi connectivity index (χ3n) is 2.86. The number of hydrogen-bond acceptors (Lipinski definition) is 3. The first kappa shape index (κ1) is 32.1. The zero-order valence-electron chi connectivity index (χ0n) is 19.2. The van der Waals surface area contributed by atoms with E-state index >= 15 is 0 Å². The number of amides is 1. The minimum Gasteiger partial charge on any atom is -0.352 e. The first-order valence-corrected chi connectivity index (χ1v) is 10.7. The zero-order valence-corrected chi connectivity index (χ0v) is 20.7. The Morgan fingerprint density at radius 3 is 1.76 bits per heavy atom. The number of hydrogen-bond donors (Lipinski definition) is 3. The van der Waals surface area contributed by atoms with Gasteiger partial charge in [-0.25, -0.2) is 0 Å². The predicted octanol–water partition coefficient (Wildman–Crippen LogP) is 6.08. The van der Waals surface area contributed by atoms with Crippen LogP contribution in [-0.4, -0.2) is 26.5 Å². The fourth-order valence-electron chi connectivity index (χ4n) is 1.66. The molecule has 0 saturated heterocycles. The van der Waals surface area contributed by atoms with E-state index in [4.69, 9.17) is 28.9 Å². The molecular weight excluding hydrogens is 405 g/mol. The van der Waals surface area contributed by atoms with Gasteiger partial charge in [0, 0.05) is 18.7 Å². The zero-order chi connectivity index (χ0) is 23.2. The summed E-state index contributed by atoms with van der Waals surface area (Å²) < 4.78 is 0. The Kier molecular flexibility index (Phi) is 25.1. The topological polar surface area (TPSA) is 67.2 Å². The molecule has 0 aliphatic heterocycles. The van der Waals surface area contributed by atoms with Gasteiger partial charge in [0.15, 0.2) is 0 Å². The Morgan fingerprint density at radius 1 is 0.931 bits per heavy atom. The van der Waals surface area contributed by atoms with Crippen molar-refractivity contribution in [2.75, 3.05) is 20.6 Å². The van der Waals surface area contributed by atoms with Crippen molar-refractivity contribution >= 4 is 29.1 Å². The minimum absolute atomic E-state index is 0.0360. The predicted molar refractivity (Wildman–Crippen MR) is 131 cm³/mol. The fraction of sp³-hybridized carbons (Fsp3) is 0.435. The van der Waals surface area contributed by atoms with Crippen LogP contribution in [-0.2, 0) is 6.54 Å². The molecule has 4 nitrogen and oxygen atoms in total. The van der Waals surface area contributed by atoms with Crippen LogP contribution in [0, 0.1) is 6.92 Å². The van der Waals surface area contributed by atoms with Gasteiger partial charge in [-0.15, -0.1) is 0 Å². The molecule has 0 fully saturated rings. The molecule has 2 aromatic carbocycles. The van der Waals surface area contributed by atoms with Gasteiger partial charge in [-0.1, -0.05) is 69.1 Å². The minimum atomic E-state index is -0.0360. The van der Waals surface area contributed by atoms with E-state index in [1.165, 1.54) is 0 Å². The molecule has 0 aliphatic carbocycles. The van der Waals surface area contributed by atoms with Crippen molar-refractivity contribution in [3.8, 4) is 0 Å². The molecule has 2 rings (SSSR count). The van der Waals surface area contributed by atoms with E-state index in [0.29, 0.717) is 28.7 Å². The summed E-state index contributed by atoms with van der Waals surface area (Å²) in [7, 11) is 3.75. The van der Waals surface area contributed by atoms with Crippen molar-refractivity contribution in [3.05, 3.63) is 69.2 Å². The number of carbonyl (C=O) groups excluding carboxylic acids is 1. The smallest absolute Gasteiger partial charge is 0.251 e. The number of aryl methyl sites for hydroxylation is 1. The Morgan fingerprint density at radius 2 is 1.41 bits per heavy atom. The molecule has 0 unspecified atom stereocenters. The van der Waals surface area contributed by atoms with E-state index < -0.39 is 0 Å². The van der Waals surface area contributed by atoms with Crippen LogP contribution in [0.25, 0.3) is 0 Å². The van der Waals surface area contributed by atoms with Gasteiger partial charge in [-0.3, -0.25) is 4.79 Å². The maximum atomic E-state index is 11.3. The number of nitrogens with one attached hydrogen (secondary N) is 2. The van der Waals surface area contributed by atoms with E-state index in [9.17, 15) is 4.79 Å². The highest BCUT2D eigenvalue weighted by Gasteiger charge is 2.02. The number of halogens is 2. The molecule has 0 radical (unpaired) electrons. The normalized spacial score (nSPS) is 8.38. The molecule has 0 aliphatic rings. The lowest BCUT2D eigenvalue weighted by atomic mass is 10.1. The van der Waals surface area contributed by atoms with Gasteiger partial charge in [0.05, 0.1) is 10.0 Å². The fourth-order valence-corrected chi connectivity index (χ4v) is 2.01. The van der Waals surface area contributed by atoms with Crippen LogP contribution in [0.5, 0.6) is 0 Å². The van der Waals surface area contributed by atoms with Crippen LogP contribution < -0.4 is 16.4 Å². The highest BCUT2D eigenvalue weighted by molar-refractivity contribution is 6.42. The van der Waals surface area contributed by atoms with Crippen molar-refractivity contribution in [2.45, 2.75) is 48.1 Å². The van der Waals surface area contributed by atoms with Crippen LogP contribution in [0.4, 0.5) is 0 Å². The van der Waals surface area contributed by atoms with Gasteiger partial charge >= 0.3 is 0 Å². The third-order valence-corrected chi connectivity index (χ3v) is 3.60. The lowest BCUT2D eigenvalue weighted by Gasteiger charge is -2.02. The molecule has 0 atom stereocenters. The summed E-state index contributed by atoms with van der Waals surface area (Å²) in [5, 5.41) is 6.71. The average Bonchev–Trinajstić information content (AvgIpc) is 2.75. The molecule has 29 heavy (non-hydrogen) atoms. The monoisotopic (exact) mass is 443 g/mol. The number of nitrogens with two attached hydrogens (primary N) is 1. The summed E-state index contributed by atoms with van der Waals surface area (Å²) >= 11 is 11.3. The Labute approximate surface area is 188 Å². The summed E-state index contributed by atoms with van der Waals surface area (Å²) in [6.45, 7) is 13.0. The highest BCUT2D eigenvalue weighted by atomic mass is 35.5. The van der Waals surface area contributed by atoms with Gasteiger partial charge in [-0.05, 0) is 63.3 Å². The molecule has 0 heterocycles. The van der Waals surface area contributed by atoms with Crippen LogP contribution in [0.3, 0.4) is 0 Å². The van der Waals surface area contributed by atoms with Gasteiger partial charge in [0.2, 0.25) is 0 Å². The highest BCUT2D eigenvalue weighted by Crippen LogP contribution is 2.21. The number of benzene rings is 2. The molecule has 0 aromatic heterocycles. The van der Waals surface area contributed by atoms with Crippen molar-refractivity contribution in [2.24, 2.45) is 5.73 Å². The van der Waals surface area contributed by atoms with E-state index in [0.717, 1.165) is 11.1 Å². The van der Waals surface area contributed by atoms with Crippen LogP contribution in [0.1, 0.15) is 56.1 Å². The summed E-state index contributed by atoms with van der Waals surface area (Å²) in [6.07, 6.45) is 0. The largest absolute Gasteiger partial charge is 0.352 e. The molecule has 0 spiro atoms. The van der Waals surface area contributed by atoms with Crippen molar-refractivity contribution in [1.29, 1.82) is 0 Å². The summed E-state index contributed by atoms with van der Waals surface area (Å²) in [4.78, 5) is 11.3. The first-order chi connectivity index (χ1) is 13.9. The average molecular weight is 444 g/mol. The standard InChI is InChI=1S/C10H14N2O.C7H6Cl2.C2H7N.2C2H6/c1-2-12-10(13)9-5-3-8(7-11)4-6-9;1-5-2-3-6(8)7(9)4-5;1-3-2;2*1-2/h3-6H,2,7,11H2,1H3,(H,12,13);2-4H,1H3;3H,1-2H3;2*1-2H3. The number of carbonyl (C=O) groups is 1. The van der Waals surface area contributed by atoms with Crippen molar-refractivity contribution in [1.82, 2.24) is 10.6 Å². The van der Waals surface area contributed by atoms with E-state index in [2.05, 4.69) is 10.6 Å². The summed E-state index contributed by atoms with van der Waals surface area (Å²) in [5.41, 5.74) is 8.28. The molecule has 0 bridgehead atoms. The summed E-state index contributed by atoms with van der Waals surface area (Å²) in [5.74, 6) is -0.0360. The second-order valence-corrected chi connectivity index (χ2v) is 5.99. The molecule has 0 saturated carbocycles. The Balaban J connectivity index is -0.000000368. The quantitative estimate of drug-likeness (QED) is 0.537. The maximum Gasteiger partial charge on any atom is 0.251 e. The van der Waals surface area contributed by atoms with Crippen LogP contribution >= 0.6 is 23.2 Å². The summed E-state index contributed by atoms with van der Waals surface area (Å²) in [6, 6.07) is 12.9. The van der Waals surface area contributed by atoms with Gasteiger partial charge in [-0.2, -0.15) is 0 Å². The third kappa shape index (κ3) is 17.0. The SMILES string of the molecule is CC.CC.CCNC(=O)c1ccc(CN)cc1.CNC.Cc1ccc(Cl)c(Cl)c1. The van der Waals surface area contributed by atoms with Gasteiger partial charge in [0.25, 0.3) is 5.91 Å². The second-order valence-electron chi connectivity index (χ2n) is 5.18. The van der Waals surface area contributed by atoms with E-state index in [1.807, 2.05) is 79.9 Å². The van der Waals surface area contributed by atoms with Crippen LogP contribution in [0.15, 0.2) is 42.5 Å². The molecule has 166 valence electrons. The first-order valence-electron chi connectivity index (χ1n) is 9.96. The van der Waals surface area contributed by atoms with E-state index in [-0.39, 0.29) is 5.91 Å². The van der Waals surface area contributed by atoms with Gasteiger partial charge in [0.1, 0.15) is 0 Å². The van der Waals surface area contributed by atoms with Gasteiger partial charge < -0.3 is 16.4 Å². The molecular formula is C23H39Cl2N3O. The molecule has 4 N–H and O–H groups in total. The van der Waals surface area contributed by atoms with Crippen LogP contribution in [0.2, 0.25) is 10.0 Å². The number of rotatable bonds is 3. The molecule has 6 heteroatoms. The lowest BCUT2D eigenvalue weighted by molar-refractivity contribution is 0.0956.